The molecule has 1 saturated carbocycles. The molecule has 3 rings (SSSR count). The van der Waals surface area contributed by atoms with Crippen LogP contribution in [-0.2, 0) is 16.0 Å². The van der Waals surface area contributed by atoms with E-state index < -0.39 is 17.8 Å². The molecule has 2 aromatic rings. The number of aliphatic carboxylic acids is 1. The summed E-state index contributed by atoms with van der Waals surface area (Å²) in [7, 11) is 0. The molecule has 2 atom stereocenters. The summed E-state index contributed by atoms with van der Waals surface area (Å²) in [4.78, 5) is 23.9. The molecule has 2 aromatic carbocycles. The Balaban J connectivity index is 1.51. The lowest BCUT2D eigenvalue weighted by Gasteiger charge is -2.27. The third kappa shape index (κ3) is 5.33. The van der Waals surface area contributed by atoms with Crippen LogP contribution in [0.3, 0.4) is 0 Å². The molecule has 1 aliphatic carbocycles. The molecule has 0 heterocycles. The zero-order chi connectivity index (χ0) is 19.1. The van der Waals surface area contributed by atoms with Crippen molar-refractivity contribution in [2.24, 2.45) is 11.8 Å². The molecule has 0 bridgehead atoms. The second kappa shape index (κ2) is 9.21. The number of benzene rings is 2. The maximum absolute atomic E-state index is 12.5. The number of nitrogens with one attached hydrogen (secondary N) is 1. The zero-order valence-corrected chi connectivity index (χ0v) is 15.3. The van der Waals surface area contributed by atoms with Gasteiger partial charge in [0, 0.05) is 12.1 Å². The van der Waals surface area contributed by atoms with Crippen LogP contribution < -0.4 is 10.1 Å². The van der Waals surface area contributed by atoms with Crippen LogP contribution in [0, 0.1) is 11.8 Å². The molecule has 27 heavy (non-hydrogen) atoms. The van der Waals surface area contributed by atoms with Crippen molar-refractivity contribution in [3.63, 3.8) is 0 Å². The molecule has 1 amide bonds. The molecule has 0 aromatic heterocycles. The van der Waals surface area contributed by atoms with Gasteiger partial charge in [-0.15, -0.1) is 0 Å². The fraction of sp³-hybridized carbons (Fsp3) is 0.364. The average molecular weight is 367 g/mol. The molecule has 0 spiro atoms. The minimum absolute atomic E-state index is 0.208. The first kappa shape index (κ1) is 19.0. The van der Waals surface area contributed by atoms with Crippen molar-refractivity contribution >= 4 is 17.6 Å². The van der Waals surface area contributed by atoms with Crippen LogP contribution in [-0.4, -0.2) is 23.6 Å². The van der Waals surface area contributed by atoms with Crippen LogP contribution in [0.2, 0.25) is 0 Å². The van der Waals surface area contributed by atoms with Crippen LogP contribution in [0.5, 0.6) is 5.75 Å². The molecule has 5 heteroatoms. The van der Waals surface area contributed by atoms with E-state index >= 15 is 0 Å². The van der Waals surface area contributed by atoms with E-state index in [2.05, 4.69) is 17.4 Å². The van der Waals surface area contributed by atoms with Crippen LogP contribution in [0.15, 0.2) is 54.6 Å². The van der Waals surface area contributed by atoms with Crippen molar-refractivity contribution in [1.29, 1.82) is 0 Å². The predicted molar refractivity (Wildman–Crippen MR) is 104 cm³/mol. The van der Waals surface area contributed by atoms with Crippen LogP contribution in [0.1, 0.15) is 31.2 Å². The fourth-order valence-electron chi connectivity index (χ4n) is 3.54. The Morgan fingerprint density at radius 1 is 0.963 bits per heavy atom. The van der Waals surface area contributed by atoms with E-state index in [1.165, 1.54) is 5.56 Å². The smallest absolute Gasteiger partial charge is 0.307 e. The SMILES string of the molecule is O=C(O)[C@@H]1CCCC[C@H]1C(=O)Nc1ccc(OCCc2ccccc2)cc1. The number of carbonyl (C=O) groups is 2. The lowest BCUT2D eigenvalue weighted by molar-refractivity contribution is -0.147. The summed E-state index contributed by atoms with van der Waals surface area (Å²) in [6, 6.07) is 17.3. The topological polar surface area (TPSA) is 75.6 Å². The third-order valence-electron chi connectivity index (χ3n) is 5.04. The Morgan fingerprint density at radius 2 is 1.63 bits per heavy atom. The number of hydrogen-bond acceptors (Lipinski definition) is 3. The number of carboxylic acid groups (broad SMARTS) is 1. The number of hydrogen-bond donors (Lipinski definition) is 2. The fourth-order valence-corrected chi connectivity index (χ4v) is 3.54. The number of ether oxygens (including phenoxy) is 1. The molecular weight excluding hydrogens is 342 g/mol. The van der Waals surface area contributed by atoms with Gasteiger partial charge in [-0.05, 0) is 42.7 Å². The summed E-state index contributed by atoms with van der Waals surface area (Å²) in [6.45, 7) is 0.581. The van der Waals surface area contributed by atoms with Crippen molar-refractivity contribution < 1.29 is 19.4 Å². The molecule has 142 valence electrons. The maximum atomic E-state index is 12.5. The van der Waals surface area contributed by atoms with Crippen molar-refractivity contribution in [3.05, 3.63) is 60.2 Å². The number of amides is 1. The van der Waals surface area contributed by atoms with E-state index in [4.69, 9.17) is 4.74 Å². The molecule has 0 aliphatic heterocycles. The van der Waals surface area contributed by atoms with E-state index in [0.29, 0.717) is 25.1 Å². The van der Waals surface area contributed by atoms with Gasteiger partial charge >= 0.3 is 5.97 Å². The summed E-state index contributed by atoms with van der Waals surface area (Å²) in [5.74, 6) is -1.39. The highest BCUT2D eigenvalue weighted by atomic mass is 16.5. The normalized spacial score (nSPS) is 19.3. The van der Waals surface area contributed by atoms with Crippen LogP contribution >= 0.6 is 0 Å². The minimum atomic E-state index is -0.878. The highest BCUT2D eigenvalue weighted by Crippen LogP contribution is 2.31. The van der Waals surface area contributed by atoms with Gasteiger partial charge in [0.05, 0.1) is 18.4 Å². The molecule has 1 fully saturated rings. The van der Waals surface area contributed by atoms with Crippen molar-refractivity contribution in [2.45, 2.75) is 32.1 Å². The van der Waals surface area contributed by atoms with Gasteiger partial charge in [0.1, 0.15) is 5.75 Å². The predicted octanol–water partition coefficient (Wildman–Crippen LogP) is 4.14. The van der Waals surface area contributed by atoms with Crippen LogP contribution in [0.25, 0.3) is 0 Å². The van der Waals surface area contributed by atoms with Gasteiger partial charge in [0.15, 0.2) is 0 Å². The van der Waals surface area contributed by atoms with Crippen LogP contribution in [0.4, 0.5) is 5.69 Å². The van der Waals surface area contributed by atoms with Crippen molar-refractivity contribution in [3.8, 4) is 5.75 Å². The van der Waals surface area contributed by atoms with E-state index in [1.807, 2.05) is 30.3 Å². The highest BCUT2D eigenvalue weighted by Gasteiger charge is 2.35. The summed E-state index contributed by atoms with van der Waals surface area (Å²) in [5, 5.41) is 12.2. The van der Waals surface area contributed by atoms with Gasteiger partial charge in [0.25, 0.3) is 0 Å². The molecule has 5 nitrogen and oxygen atoms in total. The van der Waals surface area contributed by atoms with Gasteiger partial charge in [-0.3, -0.25) is 9.59 Å². The Kier molecular flexibility index (Phi) is 6.47. The lowest BCUT2D eigenvalue weighted by atomic mass is 9.78. The number of rotatable bonds is 7. The maximum Gasteiger partial charge on any atom is 0.307 e. The average Bonchev–Trinajstić information content (AvgIpc) is 2.70. The zero-order valence-electron chi connectivity index (χ0n) is 15.3. The molecule has 0 unspecified atom stereocenters. The minimum Gasteiger partial charge on any atom is -0.493 e. The van der Waals surface area contributed by atoms with Crippen molar-refractivity contribution in [1.82, 2.24) is 0 Å². The quantitative estimate of drug-likeness (QED) is 0.771. The second-order valence-corrected chi connectivity index (χ2v) is 6.93. The molecule has 0 radical (unpaired) electrons. The standard InChI is InChI=1S/C22H25NO4/c24-21(19-8-4-5-9-20(19)22(25)26)23-17-10-12-18(13-11-17)27-15-14-16-6-2-1-3-7-16/h1-3,6-7,10-13,19-20H,4-5,8-9,14-15H2,(H,23,24)(H,25,26)/t19-,20-/m1/s1. The second-order valence-electron chi connectivity index (χ2n) is 6.93. The summed E-state index contributed by atoms with van der Waals surface area (Å²) in [6.07, 6.45) is 3.80. The Hall–Kier alpha value is -2.82. The summed E-state index contributed by atoms with van der Waals surface area (Å²) in [5.41, 5.74) is 1.88. The number of anilines is 1. The first-order chi connectivity index (χ1) is 13.1. The van der Waals surface area contributed by atoms with E-state index in [-0.39, 0.29) is 5.91 Å². The van der Waals surface area contributed by atoms with Gasteiger partial charge in [0.2, 0.25) is 5.91 Å². The summed E-state index contributed by atoms with van der Waals surface area (Å²) < 4.78 is 5.74. The Bertz CT molecular complexity index is 758. The Morgan fingerprint density at radius 3 is 2.30 bits per heavy atom. The van der Waals surface area contributed by atoms with Gasteiger partial charge < -0.3 is 15.2 Å². The van der Waals surface area contributed by atoms with E-state index in [0.717, 1.165) is 25.0 Å². The molecule has 2 N–H and O–H groups in total. The third-order valence-corrected chi connectivity index (χ3v) is 5.04. The molecular formula is C22H25NO4. The van der Waals surface area contributed by atoms with Gasteiger partial charge in [-0.1, -0.05) is 43.2 Å². The monoisotopic (exact) mass is 367 g/mol. The molecule has 1 aliphatic rings. The summed E-state index contributed by atoms with van der Waals surface area (Å²) >= 11 is 0. The first-order valence-electron chi connectivity index (χ1n) is 9.44. The molecule has 0 saturated heterocycles. The Labute approximate surface area is 159 Å². The van der Waals surface area contributed by atoms with Crippen molar-refractivity contribution in [2.75, 3.05) is 11.9 Å². The van der Waals surface area contributed by atoms with Gasteiger partial charge in [-0.2, -0.15) is 0 Å². The largest absolute Gasteiger partial charge is 0.493 e. The van der Waals surface area contributed by atoms with E-state index in [9.17, 15) is 14.7 Å². The lowest BCUT2D eigenvalue weighted by Crippen LogP contribution is -2.36. The van der Waals surface area contributed by atoms with E-state index in [1.54, 1.807) is 12.1 Å². The number of carboxylic acids is 1. The highest BCUT2D eigenvalue weighted by molar-refractivity contribution is 5.95. The van der Waals surface area contributed by atoms with Gasteiger partial charge in [-0.25, -0.2) is 0 Å². The first-order valence-corrected chi connectivity index (χ1v) is 9.44. The number of carbonyl (C=O) groups excluding carboxylic acids is 1.